The van der Waals surface area contributed by atoms with E-state index in [0.717, 1.165) is 40.8 Å². The fourth-order valence-electron chi connectivity index (χ4n) is 8.04. The van der Waals surface area contributed by atoms with E-state index in [2.05, 4.69) is 143 Å². The Morgan fingerprint density at radius 1 is 0.867 bits per heavy atom. The number of hydrogen-bond donors (Lipinski definition) is 0. The van der Waals surface area contributed by atoms with Crippen molar-refractivity contribution in [2.45, 2.75) is 59.3 Å². The highest BCUT2D eigenvalue weighted by Crippen LogP contribution is 2.63. The van der Waals surface area contributed by atoms with Gasteiger partial charge in [-0.3, -0.25) is 0 Å². The molecule has 0 N–H and O–H groups in total. The molecule has 0 radical (unpaired) electrons. The number of hydrogen-bond acceptors (Lipinski definition) is 1. The number of aryl methyl sites for hydroxylation is 1. The predicted molar refractivity (Wildman–Crippen MR) is 194 cm³/mol. The summed E-state index contributed by atoms with van der Waals surface area (Å²) in [5.74, 6) is 0. The monoisotopic (exact) mass is 604 g/mol. The number of benzene rings is 4. The summed E-state index contributed by atoms with van der Waals surface area (Å²) < 4.78 is 15.1. The maximum Gasteiger partial charge on any atom is 0.166 e. The van der Waals surface area contributed by atoms with Gasteiger partial charge >= 0.3 is 0 Å². The van der Waals surface area contributed by atoms with E-state index in [1.54, 1.807) is 0 Å². The zero-order chi connectivity index (χ0) is 31.3. The minimum absolute atomic E-state index is 0.242. The van der Waals surface area contributed by atoms with Crippen LogP contribution in [-0.4, -0.2) is 0 Å². The SMILES string of the molecule is C/C=C(\C=C/CC)P(=O)(C1=CC=CCC1)c1ccc(-c2ccc3c(c2)C2(C)C(=C3C)c3ccccc3-c3c(C)cccc32)cc1. The number of rotatable bonds is 6. The maximum absolute atomic E-state index is 15.1. The average molecular weight is 605 g/mol. The molecule has 1 nitrogen and oxygen atoms in total. The third-order valence-electron chi connectivity index (χ3n) is 10.3. The van der Waals surface area contributed by atoms with Gasteiger partial charge in [0.2, 0.25) is 0 Å². The van der Waals surface area contributed by atoms with E-state index in [0.29, 0.717) is 0 Å². The highest BCUT2D eigenvalue weighted by Gasteiger charge is 2.47. The molecule has 0 fully saturated rings. The molecule has 45 heavy (non-hydrogen) atoms. The molecular weight excluding hydrogens is 563 g/mol. The third-order valence-corrected chi connectivity index (χ3v) is 13.6. The molecule has 0 aromatic heterocycles. The lowest BCUT2D eigenvalue weighted by Gasteiger charge is -2.39. The fraction of sp³-hybridized carbons (Fsp3) is 0.209. The Morgan fingerprint density at radius 2 is 1.62 bits per heavy atom. The first-order valence-electron chi connectivity index (χ1n) is 16.3. The van der Waals surface area contributed by atoms with Crippen LogP contribution in [0.5, 0.6) is 0 Å². The summed E-state index contributed by atoms with van der Waals surface area (Å²) in [6.45, 7) is 11.1. The lowest BCUT2D eigenvalue weighted by molar-refractivity contribution is 0.588. The van der Waals surface area contributed by atoms with Crippen molar-refractivity contribution in [2.24, 2.45) is 0 Å². The van der Waals surface area contributed by atoms with Crippen molar-refractivity contribution in [3.63, 3.8) is 0 Å². The third kappa shape index (κ3) is 4.39. The van der Waals surface area contributed by atoms with E-state index < -0.39 is 7.14 Å². The summed E-state index contributed by atoms with van der Waals surface area (Å²) in [7, 11) is -2.95. The Bertz CT molecular complexity index is 2050. The van der Waals surface area contributed by atoms with Gasteiger partial charge in [-0.15, -0.1) is 0 Å². The molecule has 0 spiro atoms. The van der Waals surface area contributed by atoms with Gasteiger partial charge in [0, 0.05) is 16.0 Å². The van der Waals surface area contributed by atoms with Crippen LogP contribution in [0, 0.1) is 6.92 Å². The molecule has 3 aliphatic carbocycles. The molecule has 2 heteroatoms. The van der Waals surface area contributed by atoms with E-state index >= 15 is 4.57 Å². The van der Waals surface area contributed by atoms with Gasteiger partial charge in [-0.1, -0.05) is 122 Å². The topological polar surface area (TPSA) is 17.1 Å². The molecule has 2 atom stereocenters. The van der Waals surface area contributed by atoms with Crippen molar-refractivity contribution in [2.75, 3.05) is 0 Å². The zero-order valence-corrected chi connectivity index (χ0v) is 27.9. The van der Waals surface area contributed by atoms with Crippen LogP contribution >= 0.6 is 7.14 Å². The molecule has 0 amide bonds. The standard InChI is InChI=1S/C43H41OP/c1-6-8-16-33(7-2)45(44,34-17-10-9-11-18-34)35-25-22-31(23-26-35)32-24-27-36-30(4)42-38-20-13-12-19-37(38)41-29(3)15-14-21-39(41)43(42,5)40(36)28-32/h7-10,12-17,19-28H,6,11,18H2,1-5H3/b16-8-,33-7+. The summed E-state index contributed by atoms with van der Waals surface area (Å²) in [6.07, 6.45) is 15.2. The largest absolute Gasteiger partial charge is 0.309 e. The van der Waals surface area contributed by atoms with Crippen molar-refractivity contribution >= 4 is 23.6 Å². The van der Waals surface area contributed by atoms with Crippen LogP contribution < -0.4 is 5.30 Å². The molecule has 224 valence electrons. The Kier molecular flexibility index (Phi) is 7.42. The fourth-order valence-corrected chi connectivity index (χ4v) is 11.0. The van der Waals surface area contributed by atoms with Gasteiger partial charge in [0.1, 0.15) is 0 Å². The van der Waals surface area contributed by atoms with Crippen LogP contribution in [0.2, 0.25) is 0 Å². The first kappa shape index (κ1) is 29.5. The lowest BCUT2D eigenvalue weighted by Crippen LogP contribution is -2.28. The molecule has 4 aromatic rings. The van der Waals surface area contributed by atoms with Crippen LogP contribution in [0.3, 0.4) is 0 Å². The Morgan fingerprint density at radius 3 is 2.33 bits per heavy atom. The first-order valence-corrected chi connectivity index (χ1v) is 18.0. The zero-order valence-electron chi connectivity index (χ0n) is 27.0. The summed E-state index contributed by atoms with van der Waals surface area (Å²) in [5.41, 5.74) is 14.3. The summed E-state index contributed by atoms with van der Waals surface area (Å²) in [4.78, 5) is 0. The van der Waals surface area contributed by atoms with Crippen LogP contribution in [-0.2, 0) is 9.98 Å². The molecule has 0 saturated carbocycles. The molecule has 0 bridgehead atoms. The molecule has 7 rings (SSSR count). The summed E-state index contributed by atoms with van der Waals surface area (Å²) >= 11 is 0. The average Bonchev–Trinajstić information content (AvgIpc) is 3.32. The molecule has 2 unspecified atom stereocenters. The normalized spacial score (nSPS) is 19.9. The van der Waals surface area contributed by atoms with Gasteiger partial charge in [-0.25, -0.2) is 0 Å². The van der Waals surface area contributed by atoms with Gasteiger partial charge in [-0.05, 0) is 120 Å². The quantitative estimate of drug-likeness (QED) is 0.158. The van der Waals surface area contributed by atoms with Crippen molar-refractivity contribution < 1.29 is 4.57 Å². The molecule has 3 aliphatic rings. The van der Waals surface area contributed by atoms with E-state index in [4.69, 9.17) is 0 Å². The van der Waals surface area contributed by atoms with Crippen LogP contribution in [0.4, 0.5) is 0 Å². The second kappa shape index (κ2) is 11.3. The molecule has 0 aliphatic heterocycles. The van der Waals surface area contributed by atoms with E-state index in [-0.39, 0.29) is 5.41 Å². The van der Waals surface area contributed by atoms with Crippen molar-refractivity contribution in [1.29, 1.82) is 0 Å². The van der Waals surface area contributed by atoms with Gasteiger partial charge in [0.25, 0.3) is 0 Å². The second-order valence-corrected chi connectivity index (χ2v) is 15.6. The van der Waals surface area contributed by atoms with Gasteiger partial charge in [0.05, 0.1) is 0 Å². The van der Waals surface area contributed by atoms with E-state index in [1.807, 2.05) is 13.0 Å². The highest BCUT2D eigenvalue weighted by molar-refractivity contribution is 7.79. The Balaban J connectivity index is 1.34. The summed E-state index contributed by atoms with van der Waals surface area (Å²) in [5, 5.41) is 2.87. The van der Waals surface area contributed by atoms with Crippen molar-refractivity contribution in [3.8, 4) is 22.3 Å². The maximum atomic E-state index is 15.1. The molecular formula is C43H41OP. The van der Waals surface area contributed by atoms with E-state index in [9.17, 15) is 0 Å². The van der Waals surface area contributed by atoms with Crippen LogP contribution in [0.25, 0.3) is 33.4 Å². The second-order valence-electron chi connectivity index (χ2n) is 12.7. The smallest absolute Gasteiger partial charge is 0.166 e. The van der Waals surface area contributed by atoms with Crippen molar-refractivity contribution in [3.05, 3.63) is 160 Å². The molecule has 0 heterocycles. The summed E-state index contributed by atoms with van der Waals surface area (Å²) in [6, 6.07) is 31.3. The minimum atomic E-state index is -2.95. The Labute approximate surface area is 268 Å². The van der Waals surface area contributed by atoms with Crippen LogP contribution in [0.15, 0.2) is 132 Å². The lowest BCUT2D eigenvalue weighted by atomic mass is 9.63. The first-order chi connectivity index (χ1) is 21.8. The van der Waals surface area contributed by atoms with Gasteiger partial charge in [0.15, 0.2) is 7.14 Å². The van der Waals surface area contributed by atoms with Gasteiger partial charge in [-0.2, -0.15) is 0 Å². The van der Waals surface area contributed by atoms with Crippen molar-refractivity contribution in [1.82, 2.24) is 0 Å². The van der Waals surface area contributed by atoms with E-state index in [1.165, 1.54) is 55.7 Å². The van der Waals surface area contributed by atoms with Crippen LogP contribution in [0.1, 0.15) is 74.8 Å². The predicted octanol–water partition coefficient (Wildman–Crippen LogP) is 12.0. The minimum Gasteiger partial charge on any atom is -0.309 e. The molecule has 4 aromatic carbocycles. The Hall–Kier alpha value is -4.19. The number of allylic oxidation sites excluding steroid dienone is 10. The highest BCUT2D eigenvalue weighted by atomic mass is 31.2. The number of fused-ring (bicyclic) bond motifs is 8. The van der Waals surface area contributed by atoms with Gasteiger partial charge < -0.3 is 4.57 Å². The molecule has 0 saturated heterocycles.